The van der Waals surface area contributed by atoms with Gasteiger partial charge < -0.3 is 5.11 Å². The van der Waals surface area contributed by atoms with Crippen LogP contribution in [0.4, 0.5) is 0 Å². The van der Waals surface area contributed by atoms with E-state index in [-0.39, 0.29) is 0 Å². The van der Waals surface area contributed by atoms with Crippen molar-refractivity contribution in [1.29, 1.82) is 0 Å². The monoisotopic (exact) mass is 211 g/mol. The minimum absolute atomic E-state index is 0.326. The minimum atomic E-state index is -0.673. The molecule has 0 rings (SSSR count). The zero-order valence-corrected chi connectivity index (χ0v) is 9.58. The van der Waals surface area contributed by atoms with Crippen molar-refractivity contribution in [2.75, 3.05) is 0 Å². The highest BCUT2D eigenvalue weighted by atomic mass is 16.4. The third-order valence-corrected chi connectivity index (χ3v) is 2.34. The molecule has 0 saturated heterocycles. The molecule has 2 nitrogen and oxygen atoms in total. The van der Waals surface area contributed by atoms with Crippen molar-refractivity contribution in [3.63, 3.8) is 0 Å². The van der Waals surface area contributed by atoms with Crippen molar-refractivity contribution in [2.24, 2.45) is 0 Å². The molecule has 0 bridgehead atoms. The number of hydrogen-bond acceptors (Lipinski definition) is 1. The van der Waals surface area contributed by atoms with E-state index >= 15 is 0 Å². The van der Waals surface area contributed by atoms with Crippen LogP contribution in [0.5, 0.6) is 0 Å². The second-order valence-electron chi connectivity index (χ2n) is 3.81. The maximum absolute atomic E-state index is 10.2. The zero-order valence-electron chi connectivity index (χ0n) is 9.58. The summed E-state index contributed by atoms with van der Waals surface area (Å²) < 4.78 is 0. The first-order valence-corrected chi connectivity index (χ1v) is 5.93. The quantitative estimate of drug-likeness (QED) is 0.438. The molecule has 0 aliphatic rings. The molecular formula is C13H23O2. The average molecular weight is 211 g/mol. The second kappa shape index (κ2) is 11.3. The summed E-state index contributed by atoms with van der Waals surface area (Å²) in [5, 5.41) is 8.42. The van der Waals surface area contributed by atoms with Gasteiger partial charge in [0.05, 0.1) is 0 Å². The van der Waals surface area contributed by atoms with E-state index in [1.807, 2.05) is 0 Å². The Hall–Kier alpha value is -0.790. The highest BCUT2D eigenvalue weighted by Crippen LogP contribution is 2.08. The lowest BCUT2D eigenvalue weighted by atomic mass is 10.1. The lowest BCUT2D eigenvalue weighted by Gasteiger charge is -1.99. The van der Waals surface area contributed by atoms with Gasteiger partial charge >= 0.3 is 5.97 Å². The normalized spacial score (nSPS) is 11.0. The van der Waals surface area contributed by atoms with Gasteiger partial charge in [0.2, 0.25) is 0 Å². The third kappa shape index (κ3) is 13.2. The Morgan fingerprint density at radius 3 is 2.20 bits per heavy atom. The fourth-order valence-corrected chi connectivity index (χ4v) is 1.48. The summed E-state index contributed by atoms with van der Waals surface area (Å²) in [5.41, 5.74) is 0. The van der Waals surface area contributed by atoms with Gasteiger partial charge in [0.1, 0.15) is 0 Å². The Morgan fingerprint density at radius 2 is 1.60 bits per heavy atom. The van der Waals surface area contributed by atoms with Gasteiger partial charge in [0.25, 0.3) is 0 Å². The molecule has 0 fully saturated rings. The Labute approximate surface area is 93.4 Å². The fraction of sp³-hybridized carbons (Fsp3) is 0.692. The Bertz CT molecular complexity index is 173. The molecule has 0 heterocycles. The van der Waals surface area contributed by atoms with Crippen LogP contribution in [0.25, 0.3) is 0 Å². The molecule has 0 saturated carbocycles. The van der Waals surface area contributed by atoms with Crippen molar-refractivity contribution in [3.8, 4) is 0 Å². The standard InChI is InChI=1S/C13H23O2/c1-2-3-4-5-6-7-8-9-10-11-12-13(14)15/h3-4H,1-2,5-12H2,(H,14,15). The van der Waals surface area contributed by atoms with Crippen LogP contribution in [-0.4, -0.2) is 11.1 Å². The maximum Gasteiger partial charge on any atom is 0.303 e. The van der Waals surface area contributed by atoms with E-state index in [4.69, 9.17) is 5.11 Å². The Morgan fingerprint density at radius 1 is 1.00 bits per heavy atom. The molecule has 0 spiro atoms. The predicted octanol–water partition coefficient (Wildman–Crippen LogP) is 3.97. The number of aliphatic carboxylic acids is 1. The number of carbonyl (C=O) groups is 1. The smallest absolute Gasteiger partial charge is 0.303 e. The van der Waals surface area contributed by atoms with Gasteiger partial charge in [-0.05, 0) is 32.6 Å². The van der Waals surface area contributed by atoms with Crippen LogP contribution >= 0.6 is 0 Å². The highest BCUT2D eigenvalue weighted by Gasteiger charge is 1.95. The lowest BCUT2D eigenvalue weighted by molar-refractivity contribution is -0.137. The molecule has 0 aliphatic heterocycles. The van der Waals surface area contributed by atoms with E-state index in [1.165, 1.54) is 25.7 Å². The van der Waals surface area contributed by atoms with E-state index in [9.17, 15) is 4.79 Å². The van der Waals surface area contributed by atoms with Crippen LogP contribution in [0, 0.1) is 6.92 Å². The Balaban J connectivity index is 2.99. The average Bonchev–Trinajstić information content (AvgIpc) is 2.20. The van der Waals surface area contributed by atoms with Gasteiger partial charge in [-0.1, -0.05) is 37.8 Å². The summed E-state index contributed by atoms with van der Waals surface area (Å²) in [6.45, 7) is 3.73. The highest BCUT2D eigenvalue weighted by molar-refractivity contribution is 5.66. The van der Waals surface area contributed by atoms with Crippen molar-refractivity contribution >= 4 is 5.97 Å². The first-order valence-electron chi connectivity index (χ1n) is 5.93. The van der Waals surface area contributed by atoms with Crippen LogP contribution in [0.15, 0.2) is 12.2 Å². The molecule has 1 N–H and O–H groups in total. The Kier molecular flexibility index (Phi) is 10.7. The van der Waals surface area contributed by atoms with Crippen LogP contribution in [0.2, 0.25) is 0 Å². The molecule has 0 aromatic rings. The predicted molar refractivity (Wildman–Crippen MR) is 63.7 cm³/mol. The molecule has 0 unspecified atom stereocenters. The van der Waals surface area contributed by atoms with Crippen LogP contribution in [0.3, 0.4) is 0 Å². The summed E-state index contributed by atoms with van der Waals surface area (Å²) in [4.78, 5) is 10.2. The topological polar surface area (TPSA) is 37.3 Å². The molecule has 2 heteroatoms. The molecule has 87 valence electrons. The van der Waals surface area contributed by atoms with Crippen molar-refractivity contribution in [3.05, 3.63) is 19.1 Å². The number of allylic oxidation sites excluding steroid dienone is 2. The number of hydrogen-bond donors (Lipinski definition) is 1. The summed E-state index contributed by atoms with van der Waals surface area (Å²) >= 11 is 0. The molecule has 0 atom stereocenters. The zero-order chi connectivity index (χ0) is 11.4. The maximum atomic E-state index is 10.2. The second-order valence-corrected chi connectivity index (χ2v) is 3.81. The number of carboxylic acids is 1. The van der Waals surface area contributed by atoms with Crippen LogP contribution in [0.1, 0.15) is 57.8 Å². The first-order chi connectivity index (χ1) is 7.27. The van der Waals surface area contributed by atoms with E-state index in [0.29, 0.717) is 6.42 Å². The van der Waals surface area contributed by atoms with Gasteiger partial charge in [-0.25, -0.2) is 0 Å². The van der Waals surface area contributed by atoms with Crippen molar-refractivity contribution in [2.45, 2.75) is 57.8 Å². The van der Waals surface area contributed by atoms with Gasteiger partial charge in [-0.2, -0.15) is 0 Å². The largest absolute Gasteiger partial charge is 0.481 e. The molecule has 0 aromatic heterocycles. The summed E-state index contributed by atoms with van der Waals surface area (Å²) in [6.07, 6.45) is 13.5. The van der Waals surface area contributed by atoms with E-state index in [2.05, 4.69) is 19.1 Å². The van der Waals surface area contributed by atoms with Gasteiger partial charge in [0.15, 0.2) is 0 Å². The summed E-state index contributed by atoms with van der Waals surface area (Å²) in [5.74, 6) is -0.673. The minimum Gasteiger partial charge on any atom is -0.481 e. The van der Waals surface area contributed by atoms with E-state index in [1.54, 1.807) is 0 Å². The number of unbranched alkanes of at least 4 members (excludes halogenated alkanes) is 6. The van der Waals surface area contributed by atoms with E-state index < -0.39 is 5.97 Å². The van der Waals surface area contributed by atoms with E-state index in [0.717, 1.165) is 25.7 Å². The molecule has 0 aliphatic carbocycles. The van der Waals surface area contributed by atoms with Crippen LogP contribution in [-0.2, 0) is 4.79 Å². The first kappa shape index (κ1) is 14.2. The molecule has 1 radical (unpaired) electrons. The lowest BCUT2D eigenvalue weighted by Crippen LogP contribution is -1.93. The fourth-order valence-electron chi connectivity index (χ4n) is 1.48. The van der Waals surface area contributed by atoms with Crippen molar-refractivity contribution < 1.29 is 9.90 Å². The summed E-state index contributed by atoms with van der Waals surface area (Å²) in [7, 11) is 0. The third-order valence-electron chi connectivity index (χ3n) is 2.34. The van der Waals surface area contributed by atoms with Gasteiger partial charge in [-0.3, -0.25) is 4.79 Å². The van der Waals surface area contributed by atoms with Crippen molar-refractivity contribution in [1.82, 2.24) is 0 Å². The molecular weight excluding hydrogens is 188 g/mol. The SMILES string of the molecule is [CH2]CC=CCCCCCCCCC(=O)O. The van der Waals surface area contributed by atoms with Crippen LogP contribution < -0.4 is 0 Å². The molecule has 0 amide bonds. The number of carboxylic acid groups (broad SMARTS) is 1. The molecule has 15 heavy (non-hydrogen) atoms. The molecule has 0 aromatic carbocycles. The van der Waals surface area contributed by atoms with Gasteiger partial charge in [-0.15, -0.1) is 0 Å². The van der Waals surface area contributed by atoms with Gasteiger partial charge in [0, 0.05) is 6.42 Å². The summed E-state index contributed by atoms with van der Waals surface area (Å²) in [6, 6.07) is 0. The number of rotatable bonds is 10.